The predicted molar refractivity (Wildman–Crippen MR) is 87.9 cm³/mol. The topological polar surface area (TPSA) is 68.3 Å². The lowest BCUT2D eigenvalue weighted by Gasteiger charge is -2.18. The molecule has 0 aromatic heterocycles. The van der Waals surface area contributed by atoms with Crippen LogP contribution in [0.1, 0.15) is 0 Å². The maximum atomic E-state index is 13.2. The molecule has 0 spiro atoms. The van der Waals surface area contributed by atoms with Gasteiger partial charge in [0, 0.05) is 21.5 Å². The molecule has 0 heterocycles. The van der Waals surface area contributed by atoms with Crippen LogP contribution in [0, 0.1) is 0 Å². The molecule has 0 unspecified atom stereocenters. The van der Waals surface area contributed by atoms with E-state index in [1.54, 1.807) is 0 Å². The number of hydrogen-bond donors (Lipinski definition) is 0. The Hall–Kier alpha value is -2.34. The highest BCUT2D eigenvalue weighted by Gasteiger charge is 2.51. The number of hydrogen-bond acceptors (Lipinski definition) is 4. The highest BCUT2D eigenvalue weighted by molar-refractivity contribution is 7.93. The Morgan fingerprint density at radius 1 is 0.500 bits per heavy atom. The zero-order valence-electron chi connectivity index (χ0n) is 13.3. The third kappa shape index (κ3) is 2.82. The molecule has 0 fully saturated rings. The lowest BCUT2D eigenvalue weighted by Crippen LogP contribution is -2.26. The molecule has 0 aliphatic carbocycles. The number of halogens is 6. The largest absolute Gasteiger partial charge is 0.501 e. The van der Waals surface area contributed by atoms with E-state index in [2.05, 4.69) is 0 Å². The van der Waals surface area contributed by atoms with Crippen molar-refractivity contribution >= 4 is 41.2 Å². The summed E-state index contributed by atoms with van der Waals surface area (Å²) in [5.74, 6) is 0. The van der Waals surface area contributed by atoms with Gasteiger partial charge < -0.3 is 0 Å². The second-order valence-corrected chi connectivity index (χ2v) is 9.40. The molecule has 4 nitrogen and oxygen atoms in total. The first-order chi connectivity index (χ1) is 12.7. The fraction of sp³-hybridized carbons (Fsp3) is 0.125. The van der Waals surface area contributed by atoms with Gasteiger partial charge in [0.05, 0.1) is 9.79 Å². The molecule has 150 valence electrons. The van der Waals surface area contributed by atoms with Gasteiger partial charge in [-0.2, -0.15) is 26.3 Å². The van der Waals surface area contributed by atoms with Gasteiger partial charge in [-0.25, -0.2) is 16.8 Å². The molecule has 0 amide bonds. The van der Waals surface area contributed by atoms with Gasteiger partial charge in [-0.3, -0.25) is 0 Å². The molecule has 0 bridgehead atoms. The standard InChI is InChI=1S/C16H8F6O4S2/c17-15(18,19)27(23,24)13-9-5-1-2-6-10(9)14(28(25,26)16(20,21)22)12-8-4-3-7-11(12)13/h1-8H. The van der Waals surface area contributed by atoms with Gasteiger partial charge in [-0.1, -0.05) is 48.5 Å². The summed E-state index contributed by atoms with van der Waals surface area (Å²) < 4.78 is 128. The molecule has 0 saturated heterocycles. The molecule has 28 heavy (non-hydrogen) atoms. The van der Waals surface area contributed by atoms with Crippen molar-refractivity contribution in [3.05, 3.63) is 48.5 Å². The summed E-state index contributed by atoms with van der Waals surface area (Å²) in [7, 11) is -12.0. The Bertz CT molecular complexity index is 1150. The maximum absolute atomic E-state index is 13.2. The van der Waals surface area contributed by atoms with Crippen LogP contribution in [-0.4, -0.2) is 27.9 Å². The predicted octanol–water partition coefficient (Wildman–Crippen LogP) is 4.58. The third-order valence-corrected chi connectivity index (χ3v) is 7.15. The first-order valence-corrected chi connectivity index (χ1v) is 10.2. The van der Waals surface area contributed by atoms with E-state index in [4.69, 9.17) is 0 Å². The Balaban J connectivity index is 2.72. The van der Waals surface area contributed by atoms with Crippen LogP contribution in [0.2, 0.25) is 0 Å². The molecular formula is C16H8F6O4S2. The fourth-order valence-electron chi connectivity index (χ4n) is 2.86. The van der Waals surface area contributed by atoms with Crippen LogP contribution in [0.3, 0.4) is 0 Å². The zero-order chi connectivity index (χ0) is 21.1. The smallest absolute Gasteiger partial charge is 0.214 e. The van der Waals surface area contributed by atoms with Crippen molar-refractivity contribution in [2.24, 2.45) is 0 Å². The monoisotopic (exact) mass is 442 g/mol. The number of sulfone groups is 2. The normalized spacial score (nSPS) is 13.9. The number of rotatable bonds is 2. The van der Waals surface area contributed by atoms with E-state index in [1.807, 2.05) is 0 Å². The van der Waals surface area contributed by atoms with Gasteiger partial charge in [-0.15, -0.1) is 0 Å². The van der Waals surface area contributed by atoms with Gasteiger partial charge in [0.25, 0.3) is 19.7 Å². The fourth-order valence-corrected chi connectivity index (χ4v) is 5.19. The Morgan fingerprint density at radius 2 is 0.714 bits per heavy atom. The summed E-state index contributed by atoms with van der Waals surface area (Å²) in [6.45, 7) is 0. The number of fused-ring (bicyclic) bond motifs is 2. The van der Waals surface area contributed by atoms with Crippen LogP contribution in [-0.2, 0) is 19.7 Å². The minimum absolute atomic E-state index is 0.777. The second kappa shape index (κ2) is 6.08. The van der Waals surface area contributed by atoms with Crippen molar-refractivity contribution in [2.75, 3.05) is 0 Å². The zero-order valence-corrected chi connectivity index (χ0v) is 15.0. The molecule has 3 aromatic carbocycles. The Kier molecular flexibility index (Phi) is 4.43. The van der Waals surface area contributed by atoms with E-state index >= 15 is 0 Å². The van der Waals surface area contributed by atoms with Gasteiger partial charge >= 0.3 is 11.0 Å². The average Bonchev–Trinajstić information content (AvgIpc) is 2.56. The highest BCUT2D eigenvalue weighted by Crippen LogP contribution is 2.45. The third-order valence-electron chi connectivity index (χ3n) is 3.98. The van der Waals surface area contributed by atoms with Gasteiger partial charge in [0.15, 0.2) is 0 Å². The Labute approximate surface area is 154 Å². The van der Waals surface area contributed by atoms with Crippen molar-refractivity contribution < 1.29 is 43.2 Å². The van der Waals surface area contributed by atoms with E-state index in [-0.39, 0.29) is 0 Å². The number of benzene rings is 3. The van der Waals surface area contributed by atoms with Crippen LogP contribution in [0.5, 0.6) is 0 Å². The van der Waals surface area contributed by atoms with Crippen LogP contribution in [0.4, 0.5) is 26.3 Å². The first kappa shape index (κ1) is 20.4. The van der Waals surface area contributed by atoms with E-state index in [0.29, 0.717) is 0 Å². The van der Waals surface area contributed by atoms with Crippen LogP contribution in [0.25, 0.3) is 21.5 Å². The van der Waals surface area contributed by atoms with Crippen LogP contribution < -0.4 is 0 Å². The van der Waals surface area contributed by atoms with Gasteiger partial charge in [0.1, 0.15) is 0 Å². The SMILES string of the molecule is O=S(=O)(c1c2ccccc2c(S(=O)(=O)C(F)(F)F)c2ccccc12)C(F)(F)F. The molecule has 3 rings (SSSR count). The molecule has 0 saturated carbocycles. The molecule has 0 radical (unpaired) electrons. The van der Waals surface area contributed by atoms with Gasteiger partial charge in [-0.05, 0) is 0 Å². The Morgan fingerprint density at radius 3 is 0.893 bits per heavy atom. The first-order valence-electron chi connectivity index (χ1n) is 7.27. The van der Waals surface area contributed by atoms with Crippen molar-refractivity contribution in [1.29, 1.82) is 0 Å². The second-order valence-electron chi connectivity index (χ2n) is 5.65. The van der Waals surface area contributed by atoms with E-state index in [0.717, 1.165) is 48.5 Å². The molecule has 0 N–H and O–H groups in total. The van der Waals surface area contributed by atoms with Crippen LogP contribution in [0.15, 0.2) is 58.3 Å². The van der Waals surface area contributed by atoms with Crippen molar-refractivity contribution in [2.45, 2.75) is 20.8 Å². The number of alkyl halides is 6. The molecule has 0 aliphatic heterocycles. The van der Waals surface area contributed by atoms with Crippen LogP contribution >= 0.6 is 0 Å². The molecular weight excluding hydrogens is 434 g/mol. The van der Waals surface area contributed by atoms with E-state index < -0.39 is 62.0 Å². The maximum Gasteiger partial charge on any atom is 0.501 e. The van der Waals surface area contributed by atoms with E-state index in [9.17, 15) is 43.2 Å². The van der Waals surface area contributed by atoms with Crippen molar-refractivity contribution in [3.63, 3.8) is 0 Å². The van der Waals surface area contributed by atoms with Gasteiger partial charge in [0.2, 0.25) is 0 Å². The molecule has 0 aliphatic rings. The summed E-state index contributed by atoms with van der Waals surface area (Å²) in [5, 5.41) is -3.11. The summed E-state index contributed by atoms with van der Waals surface area (Å²) in [6.07, 6.45) is 0. The minimum atomic E-state index is -6.00. The van der Waals surface area contributed by atoms with Crippen molar-refractivity contribution in [3.8, 4) is 0 Å². The summed E-state index contributed by atoms with van der Waals surface area (Å²) in [4.78, 5) is -2.60. The average molecular weight is 442 g/mol. The minimum Gasteiger partial charge on any atom is -0.214 e. The van der Waals surface area contributed by atoms with E-state index in [1.165, 1.54) is 0 Å². The highest BCUT2D eigenvalue weighted by atomic mass is 32.2. The molecule has 3 aromatic rings. The molecule has 12 heteroatoms. The van der Waals surface area contributed by atoms with Crippen molar-refractivity contribution in [1.82, 2.24) is 0 Å². The lowest BCUT2D eigenvalue weighted by molar-refractivity contribution is -0.0441. The summed E-state index contributed by atoms with van der Waals surface area (Å²) >= 11 is 0. The summed E-state index contributed by atoms with van der Waals surface area (Å²) in [5.41, 5.74) is -11.5. The molecule has 0 atom stereocenters. The lowest BCUT2D eigenvalue weighted by atomic mass is 10.0. The quantitative estimate of drug-likeness (QED) is 0.431. The summed E-state index contributed by atoms with van der Waals surface area (Å²) in [6, 6.07) is 7.69.